The third kappa shape index (κ3) is 6.14. The zero-order chi connectivity index (χ0) is 34.7. The van der Waals surface area contributed by atoms with E-state index in [2.05, 4.69) is 13.8 Å². The maximum absolute atomic E-state index is 13.6. The fourth-order valence-corrected chi connectivity index (χ4v) is 7.91. The van der Waals surface area contributed by atoms with Gasteiger partial charge in [-0.1, -0.05) is 102 Å². The van der Waals surface area contributed by atoms with Crippen LogP contribution in [-0.4, -0.2) is 33.7 Å². The van der Waals surface area contributed by atoms with Crippen LogP contribution in [0.5, 0.6) is 0 Å². The molecule has 4 aromatic carbocycles. The Balaban J connectivity index is 1.55. The average Bonchev–Trinajstić information content (AvgIpc) is 3.56. The van der Waals surface area contributed by atoms with Crippen molar-refractivity contribution in [1.82, 2.24) is 0 Å². The lowest BCUT2D eigenvalue weighted by molar-refractivity contribution is 0.0686. The number of carbonyl (C=O) groups excluding carboxylic acids is 2. The number of carbonyl (C=O) groups is 4. The van der Waals surface area contributed by atoms with Crippen molar-refractivity contribution in [2.24, 2.45) is 0 Å². The van der Waals surface area contributed by atoms with Gasteiger partial charge in [0.2, 0.25) is 0 Å². The summed E-state index contributed by atoms with van der Waals surface area (Å²) in [4.78, 5) is 52.0. The Kier molecular flexibility index (Phi) is 9.96. The van der Waals surface area contributed by atoms with Gasteiger partial charge in [-0.2, -0.15) is 0 Å². The number of fused-ring (bicyclic) bond motifs is 10. The van der Waals surface area contributed by atoms with Gasteiger partial charge in [0.15, 0.2) is 11.6 Å². The van der Waals surface area contributed by atoms with E-state index in [1.807, 2.05) is 48.5 Å². The first kappa shape index (κ1) is 34.0. The standard InChI is InChI=1S/C43H44O6/c1-3-5-7-9-11-13-39(44)27-15-19-31-33-21-17-29(41(46)47)25-37(33)43(35(31)23-27)36-24-28(40(45)14-12-10-8-6-4-2)16-20-32(36)34-22-18-30(42(48)49)26-38(34)43/h15-26H,3-14H2,1-2H3,(H,46,47)(H,48,49). The predicted molar refractivity (Wildman–Crippen MR) is 192 cm³/mol. The fourth-order valence-electron chi connectivity index (χ4n) is 7.91. The second kappa shape index (κ2) is 14.3. The Bertz CT molecular complexity index is 1810. The van der Waals surface area contributed by atoms with Crippen LogP contribution in [0.3, 0.4) is 0 Å². The minimum Gasteiger partial charge on any atom is -0.478 e. The van der Waals surface area contributed by atoms with Gasteiger partial charge in [0.1, 0.15) is 0 Å². The van der Waals surface area contributed by atoms with Crippen LogP contribution in [0.4, 0.5) is 0 Å². The van der Waals surface area contributed by atoms with Crippen molar-refractivity contribution in [3.8, 4) is 22.3 Å². The lowest BCUT2D eigenvalue weighted by Gasteiger charge is -2.31. The number of unbranched alkanes of at least 4 members (excludes halogenated alkanes) is 8. The molecule has 0 radical (unpaired) electrons. The Labute approximate surface area is 288 Å². The predicted octanol–water partition coefficient (Wildman–Crippen LogP) is 10.5. The first-order chi connectivity index (χ1) is 23.7. The lowest BCUT2D eigenvalue weighted by Crippen LogP contribution is -2.27. The number of Topliss-reactive ketones (excluding diaryl/α,β-unsaturated/α-hetero) is 2. The molecule has 1 spiro atoms. The molecule has 0 aliphatic heterocycles. The van der Waals surface area contributed by atoms with Crippen molar-refractivity contribution in [3.63, 3.8) is 0 Å². The average molecular weight is 657 g/mol. The molecule has 6 nitrogen and oxygen atoms in total. The van der Waals surface area contributed by atoms with Crippen LogP contribution >= 0.6 is 0 Å². The van der Waals surface area contributed by atoms with Gasteiger partial charge >= 0.3 is 11.9 Å². The number of carboxylic acids is 2. The molecule has 0 aromatic heterocycles. The van der Waals surface area contributed by atoms with Crippen LogP contribution in [0.25, 0.3) is 22.3 Å². The molecule has 6 rings (SSSR count). The van der Waals surface area contributed by atoms with E-state index in [0.29, 0.717) is 35.1 Å². The summed E-state index contributed by atoms with van der Waals surface area (Å²) in [5.41, 5.74) is 6.62. The van der Waals surface area contributed by atoms with E-state index in [1.165, 1.54) is 0 Å². The summed E-state index contributed by atoms with van der Waals surface area (Å²) in [6, 6.07) is 21.6. The molecule has 0 fully saturated rings. The molecular weight excluding hydrogens is 612 g/mol. The van der Waals surface area contributed by atoms with Gasteiger partial charge in [-0.25, -0.2) is 9.59 Å². The highest BCUT2D eigenvalue weighted by Crippen LogP contribution is 2.63. The highest BCUT2D eigenvalue weighted by Gasteiger charge is 2.52. The van der Waals surface area contributed by atoms with Gasteiger partial charge in [-0.3, -0.25) is 9.59 Å². The summed E-state index contributed by atoms with van der Waals surface area (Å²) in [6.07, 6.45) is 11.2. The zero-order valence-corrected chi connectivity index (χ0v) is 28.4. The van der Waals surface area contributed by atoms with Gasteiger partial charge in [0.25, 0.3) is 0 Å². The molecule has 6 heteroatoms. The normalized spacial score (nSPS) is 13.1. The second-order valence-corrected chi connectivity index (χ2v) is 13.6. The van der Waals surface area contributed by atoms with E-state index in [-0.39, 0.29) is 22.7 Å². The summed E-state index contributed by atoms with van der Waals surface area (Å²) < 4.78 is 0. The number of benzene rings is 4. The van der Waals surface area contributed by atoms with E-state index >= 15 is 0 Å². The van der Waals surface area contributed by atoms with Gasteiger partial charge in [0, 0.05) is 24.0 Å². The van der Waals surface area contributed by atoms with Gasteiger partial charge in [0.05, 0.1) is 16.5 Å². The van der Waals surface area contributed by atoms with Crippen LogP contribution in [0.1, 0.15) is 155 Å². The van der Waals surface area contributed by atoms with E-state index in [4.69, 9.17) is 0 Å². The smallest absolute Gasteiger partial charge is 0.335 e. The Morgan fingerprint density at radius 2 is 0.755 bits per heavy atom. The van der Waals surface area contributed by atoms with Crippen molar-refractivity contribution >= 4 is 23.5 Å². The van der Waals surface area contributed by atoms with Crippen LogP contribution in [0, 0.1) is 0 Å². The van der Waals surface area contributed by atoms with E-state index < -0.39 is 17.4 Å². The SMILES string of the molecule is CCCCCCCC(=O)c1ccc2c(c1)C1(c3cc(C(=O)O)ccc3-2)c2cc(C(=O)O)ccc2-c2ccc(C(=O)CCCCCCC)cc21. The molecule has 0 unspecified atom stereocenters. The molecule has 2 aliphatic rings. The number of hydrogen-bond donors (Lipinski definition) is 2. The van der Waals surface area contributed by atoms with E-state index in [9.17, 15) is 29.4 Å². The van der Waals surface area contributed by atoms with Gasteiger partial charge in [-0.05, 0) is 93.7 Å². The Morgan fingerprint density at radius 3 is 1.08 bits per heavy atom. The number of rotatable bonds is 16. The monoisotopic (exact) mass is 656 g/mol. The van der Waals surface area contributed by atoms with Crippen molar-refractivity contribution in [2.45, 2.75) is 96.3 Å². The van der Waals surface area contributed by atoms with Crippen LogP contribution in [0.2, 0.25) is 0 Å². The number of ketones is 2. The molecule has 0 amide bonds. The molecule has 49 heavy (non-hydrogen) atoms. The third-order valence-corrected chi connectivity index (χ3v) is 10.4. The number of hydrogen-bond acceptors (Lipinski definition) is 4. The Hall–Kier alpha value is -4.84. The molecule has 0 heterocycles. The van der Waals surface area contributed by atoms with Crippen molar-refractivity contribution < 1.29 is 29.4 Å². The van der Waals surface area contributed by atoms with Crippen LogP contribution < -0.4 is 0 Å². The first-order valence-electron chi connectivity index (χ1n) is 17.8. The lowest BCUT2D eigenvalue weighted by atomic mass is 9.69. The number of aromatic carboxylic acids is 2. The minimum atomic E-state index is -1.12. The third-order valence-electron chi connectivity index (χ3n) is 10.4. The molecule has 0 saturated heterocycles. The molecule has 2 N–H and O–H groups in total. The molecule has 0 saturated carbocycles. The first-order valence-corrected chi connectivity index (χ1v) is 17.8. The maximum atomic E-state index is 13.6. The molecule has 252 valence electrons. The van der Waals surface area contributed by atoms with Crippen LogP contribution in [0.15, 0.2) is 72.8 Å². The molecule has 2 aliphatic carbocycles. The summed E-state index contributed by atoms with van der Waals surface area (Å²) in [5, 5.41) is 20.2. The number of carboxylic acid groups (broad SMARTS) is 2. The van der Waals surface area contributed by atoms with Gasteiger partial charge in [-0.15, -0.1) is 0 Å². The molecular formula is C43H44O6. The summed E-state index contributed by atoms with van der Waals surface area (Å²) >= 11 is 0. The highest BCUT2D eigenvalue weighted by atomic mass is 16.4. The summed E-state index contributed by atoms with van der Waals surface area (Å²) in [5.74, 6) is -2.06. The summed E-state index contributed by atoms with van der Waals surface area (Å²) in [6.45, 7) is 4.32. The molecule has 0 atom stereocenters. The Morgan fingerprint density at radius 1 is 0.449 bits per heavy atom. The molecule has 0 bridgehead atoms. The zero-order valence-electron chi connectivity index (χ0n) is 28.4. The maximum Gasteiger partial charge on any atom is 0.335 e. The fraction of sp³-hybridized carbons (Fsp3) is 0.349. The van der Waals surface area contributed by atoms with Crippen molar-refractivity contribution in [2.75, 3.05) is 0 Å². The highest BCUT2D eigenvalue weighted by molar-refractivity contribution is 6.03. The van der Waals surface area contributed by atoms with Crippen molar-refractivity contribution in [3.05, 3.63) is 117 Å². The summed E-state index contributed by atoms with van der Waals surface area (Å²) in [7, 11) is 0. The van der Waals surface area contributed by atoms with Crippen LogP contribution in [-0.2, 0) is 5.41 Å². The largest absolute Gasteiger partial charge is 0.478 e. The van der Waals surface area contributed by atoms with E-state index in [0.717, 1.165) is 97.6 Å². The topological polar surface area (TPSA) is 109 Å². The van der Waals surface area contributed by atoms with Gasteiger partial charge < -0.3 is 10.2 Å². The minimum absolute atomic E-state index is 0.0429. The quantitative estimate of drug-likeness (QED) is 0.0793. The van der Waals surface area contributed by atoms with E-state index in [1.54, 1.807) is 24.3 Å². The van der Waals surface area contributed by atoms with Crippen molar-refractivity contribution in [1.29, 1.82) is 0 Å². The molecule has 4 aromatic rings. The second-order valence-electron chi connectivity index (χ2n) is 13.6.